The van der Waals surface area contributed by atoms with Crippen molar-refractivity contribution >= 4 is 23.1 Å². The third-order valence-electron chi connectivity index (χ3n) is 5.87. The molecule has 6 nitrogen and oxygen atoms in total. The Morgan fingerprint density at radius 3 is 2.42 bits per heavy atom. The van der Waals surface area contributed by atoms with Crippen molar-refractivity contribution in [2.45, 2.75) is 46.7 Å². The normalized spacial score (nSPS) is 11.2. The largest absolute Gasteiger partial charge is 0.348 e. The Hall–Kier alpha value is -3.64. The van der Waals surface area contributed by atoms with Gasteiger partial charge >= 0.3 is 0 Å². The van der Waals surface area contributed by atoms with E-state index in [1.54, 1.807) is 0 Å². The minimum atomic E-state index is -0.155. The average Bonchev–Trinajstić information content (AvgIpc) is 3.19. The van der Waals surface area contributed by atoms with Crippen molar-refractivity contribution in [3.8, 4) is 0 Å². The van der Waals surface area contributed by atoms with Gasteiger partial charge in [-0.05, 0) is 54.2 Å². The lowest BCUT2D eigenvalue weighted by molar-refractivity contribution is 0.0952. The molecule has 6 heteroatoms. The molecule has 170 valence electrons. The quantitative estimate of drug-likeness (QED) is 0.368. The number of pyridine rings is 1. The predicted molar refractivity (Wildman–Crippen MR) is 134 cm³/mol. The number of rotatable bonds is 7. The Labute approximate surface area is 194 Å². The number of amides is 1. The van der Waals surface area contributed by atoms with Gasteiger partial charge < -0.3 is 16.4 Å². The SMILES string of the molecule is Cc1cccc(C)c1Nc1c(C(C)C)nc2c(C(=O)NCc3cccc(CN)c3)cccn12. The highest BCUT2D eigenvalue weighted by atomic mass is 16.1. The maximum absolute atomic E-state index is 13.1. The van der Waals surface area contributed by atoms with Gasteiger partial charge in [-0.15, -0.1) is 0 Å². The van der Waals surface area contributed by atoms with E-state index in [9.17, 15) is 4.79 Å². The van der Waals surface area contributed by atoms with Crippen LogP contribution in [-0.2, 0) is 13.1 Å². The predicted octanol–water partition coefficient (Wildman–Crippen LogP) is 5.21. The van der Waals surface area contributed by atoms with E-state index in [1.807, 2.05) is 47.0 Å². The summed E-state index contributed by atoms with van der Waals surface area (Å²) in [5.74, 6) is 0.923. The fourth-order valence-electron chi connectivity index (χ4n) is 4.06. The topological polar surface area (TPSA) is 84.5 Å². The van der Waals surface area contributed by atoms with Gasteiger partial charge in [-0.25, -0.2) is 4.98 Å². The minimum absolute atomic E-state index is 0.155. The van der Waals surface area contributed by atoms with Gasteiger partial charge in [0.1, 0.15) is 5.82 Å². The molecule has 0 unspecified atom stereocenters. The number of carbonyl (C=O) groups is 1. The van der Waals surface area contributed by atoms with E-state index < -0.39 is 0 Å². The van der Waals surface area contributed by atoms with Gasteiger partial charge in [0, 0.05) is 25.0 Å². The molecule has 4 aromatic rings. The molecule has 0 atom stereocenters. The van der Waals surface area contributed by atoms with Crippen molar-refractivity contribution < 1.29 is 4.79 Å². The van der Waals surface area contributed by atoms with Crippen LogP contribution < -0.4 is 16.4 Å². The van der Waals surface area contributed by atoms with Crippen LogP contribution in [0.1, 0.15) is 58.1 Å². The number of fused-ring (bicyclic) bond motifs is 1. The summed E-state index contributed by atoms with van der Waals surface area (Å²) in [6.07, 6.45) is 1.95. The summed E-state index contributed by atoms with van der Waals surface area (Å²) >= 11 is 0. The monoisotopic (exact) mass is 441 g/mol. The van der Waals surface area contributed by atoms with Crippen LogP contribution in [-0.4, -0.2) is 15.3 Å². The van der Waals surface area contributed by atoms with Crippen LogP contribution >= 0.6 is 0 Å². The molecular formula is C27H31N5O. The Bertz CT molecular complexity index is 1290. The summed E-state index contributed by atoms with van der Waals surface area (Å²) in [6, 6.07) is 17.9. The standard InChI is InChI=1S/C27H31N5O/c1-17(2)23-26(31-24-18(3)8-5-9-19(24)4)32-13-7-12-22(25(32)30-23)27(33)29-16-21-11-6-10-20(14-21)15-28/h5-14,17,31H,15-16,28H2,1-4H3,(H,29,33). The molecule has 0 spiro atoms. The third-order valence-corrected chi connectivity index (χ3v) is 5.87. The highest BCUT2D eigenvalue weighted by Crippen LogP contribution is 2.32. The summed E-state index contributed by atoms with van der Waals surface area (Å²) in [6.45, 7) is 9.31. The van der Waals surface area contributed by atoms with Gasteiger partial charge in [0.2, 0.25) is 0 Å². The number of carbonyl (C=O) groups excluding carboxylic acids is 1. The highest BCUT2D eigenvalue weighted by Gasteiger charge is 2.21. The van der Waals surface area contributed by atoms with E-state index in [0.29, 0.717) is 24.3 Å². The van der Waals surface area contributed by atoms with Crippen molar-refractivity contribution in [1.29, 1.82) is 0 Å². The fourth-order valence-corrected chi connectivity index (χ4v) is 4.06. The summed E-state index contributed by atoms with van der Waals surface area (Å²) in [4.78, 5) is 18.0. The zero-order valence-electron chi connectivity index (χ0n) is 19.6. The molecule has 4 rings (SSSR count). The molecule has 2 heterocycles. The lowest BCUT2D eigenvalue weighted by Crippen LogP contribution is -2.23. The van der Waals surface area contributed by atoms with Crippen LogP contribution in [0.25, 0.3) is 5.65 Å². The maximum Gasteiger partial charge on any atom is 0.255 e. The number of aryl methyl sites for hydroxylation is 2. The zero-order valence-corrected chi connectivity index (χ0v) is 19.6. The summed E-state index contributed by atoms with van der Waals surface area (Å²) < 4.78 is 1.98. The second-order valence-electron chi connectivity index (χ2n) is 8.71. The van der Waals surface area contributed by atoms with Crippen molar-refractivity contribution in [3.63, 3.8) is 0 Å². The van der Waals surface area contributed by atoms with E-state index in [2.05, 4.69) is 56.5 Å². The molecular weight excluding hydrogens is 410 g/mol. The van der Waals surface area contributed by atoms with E-state index >= 15 is 0 Å². The molecule has 0 aliphatic carbocycles. The molecule has 1 amide bonds. The van der Waals surface area contributed by atoms with Crippen LogP contribution in [0.2, 0.25) is 0 Å². The van der Waals surface area contributed by atoms with Gasteiger partial charge in [0.05, 0.1) is 11.3 Å². The van der Waals surface area contributed by atoms with E-state index in [4.69, 9.17) is 10.7 Å². The highest BCUT2D eigenvalue weighted by molar-refractivity contribution is 6.00. The molecule has 2 aromatic carbocycles. The molecule has 2 aromatic heterocycles. The first-order chi connectivity index (χ1) is 15.9. The Morgan fingerprint density at radius 2 is 1.73 bits per heavy atom. The number of aromatic nitrogens is 2. The summed E-state index contributed by atoms with van der Waals surface area (Å²) in [7, 11) is 0. The number of imidazole rings is 1. The van der Waals surface area contributed by atoms with Crippen LogP contribution in [0.5, 0.6) is 0 Å². The molecule has 0 saturated heterocycles. The average molecular weight is 442 g/mol. The lowest BCUT2D eigenvalue weighted by atomic mass is 10.1. The van der Waals surface area contributed by atoms with Crippen molar-refractivity contribution in [3.05, 3.63) is 94.3 Å². The Balaban J connectivity index is 1.69. The van der Waals surface area contributed by atoms with E-state index in [1.165, 1.54) is 0 Å². The fraction of sp³-hybridized carbons (Fsp3) is 0.259. The number of anilines is 2. The van der Waals surface area contributed by atoms with E-state index in [-0.39, 0.29) is 11.8 Å². The van der Waals surface area contributed by atoms with E-state index in [0.717, 1.165) is 39.5 Å². The van der Waals surface area contributed by atoms with Crippen molar-refractivity contribution in [1.82, 2.24) is 14.7 Å². The smallest absolute Gasteiger partial charge is 0.255 e. The first-order valence-corrected chi connectivity index (χ1v) is 11.3. The van der Waals surface area contributed by atoms with Crippen LogP contribution in [0.3, 0.4) is 0 Å². The third kappa shape index (κ3) is 4.61. The molecule has 0 saturated carbocycles. The summed E-state index contributed by atoms with van der Waals surface area (Å²) in [5, 5.41) is 6.64. The zero-order chi connectivity index (χ0) is 23.5. The molecule has 33 heavy (non-hydrogen) atoms. The Morgan fingerprint density at radius 1 is 1.03 bits per heavy atom. The second kappa shape index (κ2) is 9.46. The number of hydrogen-bond acceptors (Lipinski definition) is 4. The van der Waals surface area contributed by atoms with Crippen LogP contribution in [0.4, 0.5) is 11.5 Å². The molecule has 0 radical (unpaired) electrons. The molecule has 0 bridgehead atoms. The van der Waals surface area contributed by atoms with Crippen molar-refractivity contribution in [2.75, 3.05) is 5.32 Å². The van der Waals surface area contributed by atoms with Crippen molar-refractivity contribution in [2.24, 2.45) is 5.73 Å². The molecule has 4 N–H and O–H groups in total. The molecule has 0 aliphatic heterocycles. The van der Waals surface area contributed by atoms with Gasteiger partial charge in [0.15, 0.2) is 5.65 Å². The molecule has 0 aliphatic rings. The van der Waals surface area contributed by atoms with Crippen LogP contribution in [0, 0.1) is 13.8 Å². The van der Waals surface area contributed by atoms with Gasteiger partial charge in [-0.2, -0.15) is 0 Å². The number of para-hydroxylation sites is 1. The maximum atomic E-state index is 13.1. The number of nitrogens with two attached hydrogens (primary N) is 1. The number of hydrogen-bond donors (Lipinski definition) is 3. The van der Waals surface area contributed by atoms with Gasteiger partial charge in [-0.3, -0.25) is 9.20 Å². The van der Waals surface area contributed by atoms with Gasteiger partial charge in [0.25, 0.3) is 5.91 Å². The number of nitrogens with one attached hydrogen (secondary N) is 2. The Kier molecular flexibility index (Phi) is 6.47. The molecule has 0 fully saturated rings. The first-order valence-electron chi connectivity index (χ1n) is 11.3. The summed E-state index contributed by atoms with van der Waals surface area (Å²) in [5.41, 5.74) is 13.3. The van der Waals surface area contributed by atoms with Crippen LogP contribution in [0.15, 0.2) is 60.8 Å². The second-order valence-corrected chi connectivity index (χ2v) is 8.71. The lowest BCUT2D eigenvalue weighted by Gasteiger charge is -2.15. The number of nitrogens with zero attached hydrogens (tertiary/aromatic N) is 2. The number of benzene rings is 2. The van der Waals surface area contributed by atoms with Gasteiger partial charge in [-0.1, -0.05) is 56.3 Å². The first kappa shape index (κ1) is 22.6. The minimum Gasteiger partial charge on any atom is -0.348 e.